The molecule has 2 aliphatic heterocycles. The molecule has 0 unspecified atom stereocenters. The minimum absolute atomic E-state index is 0.0484. The highest BCUT2D eigenvalue weighted by Crippen LogP contribution is 2.33. The number of hydrogen-bond acceptors (Lipinski definition) is 4. The van der Waals surface area contributed by atoms with Crippen molar-refractivity contribution in [1.82, 2.24) is 16.0 Å². The second-order valence-electron chi connectivity index (χ2n) is 6.88. The fourth-order valence-electron chi connectivity index (χ4n) is 3.47. The van der Waals surface area contributed by atoms with E-state index in [0.717, 1.165) is 44.1 Å². The molecule has 4 N–H and O–H groups in total. The van der Waals surface area contributed by atoms with E-state index in [-0.39, 0.29) is 24.0 Å². The summed E-state index contributed by atoms with van der Waals surface area (Å²) in [6.07, 6.45) is 4.20. The van der Waals surface area contributed by atoms with Crippen LogP contribution in [0.5, 0.6) is 5.75 Å². The largest absolute Gasteiger partial charge is 0.506 e. The SMILES string of the molecule is O=C(CCCC[C@@H]1SC[C@@H]2NC(=O)N[C@@H]21)NCCc1cc([125I])c(O)c([125I])c1. The van der Waals surface area contributed by atoms with Crippen LogP contribution in [0, 0.1) is 7.14 Å². The molecule has 148 valence electrons. The van der Waals surface area contributed by atoms with Crippen LogP contribution in [0.4, 0.5) is 4.79 Å². The fraction of sp³-hybridized carbons (Fsp3) is 0.556. The molecule has 2 saturated heterocycles. The first kappa shape index (κ1) is 21.3. The van der Waals surface area contributed by atoms with Gasteiger partial charge in [0.1, 0.15) is 5.75 Å². The summed E-state index contributed by atoms with van der Waals surface area (Å²) in [5.41, 5.74) is 1.11. The molecule has 2 heterocycles. The number of nitrogens with one attached hydrogen (secondary N) is 3. The molecular formula is C18H23I2N3O3S. The Morgan fingerprint density at radius 2 is 2.00 bits per heavy atom. The zero-order valence-corrected chi connectivity index (χ0v) is 19.9. The van der Waals surface area contributed by atoms with Gasteiger partial charge in [-0.2, -0.15) is 11.8 Å². The second-order valence-corrected chi connectivity index (χ2v) is 10.5. The number of amides is 3. The monoisotopic (exact) mass is 611 g/mol. The van der Waals surface area contributed by atoms with Crippen LogP contribution >= 0.6 is 56.9 Å². The molecule has 1 aromatic rings. The molecular weight excluding hydrogens is 588 g/mol. The fourth-order valence-corrected chi connectivity index (χ4v) is 6.91. The van der Waals surface area contributed by atoms with E-state index in [1.165, 1.54) is 0 Å². The molecule has 2 aliphatic rings. The lowest BCUT2D eigenvalue weighted by Gasteiger charge is -2.16. The third-order valence-electron chi connectivity index (χ3n) is 4.89. The van der Waals surface area contributed by atoms with Crippen LogP contribution in [0.2, 0.25) is 0 Å². The first-order chi connectivity index (χ1) is 12.9. The molecule has 0 radical (unpaired) electrons. The van der Waals surface area contributed by atoms with Gasteiger partial charge < -0.3 is 21.1 Å². The molecule has 0 aliphatic carbocycles. The summed E-state index contributed by atoms with van der Waals surface area (Å²) in [6.45, 7) is 0.607. The quantitative estimate of drug-likeness (QED) is 0.207. The van der Waals surface area contributed by atoms with Gasteiger partial charge >= 0.3 is 6.03 Å². The van der Waals surface area contributed by atoms with Gasteiger partial charge in [0.2, 0.25) is 5.91 Å². The average Bonchev–Trinajstić information content (AvgIpc) is 3.16. The van der Waals surface area contributed by atoms with Crippen LogP contribution < -0.4 is 16.0 Å². The summed E-state index contributed by atoms with van der Waals surface area (Å²) in [7, 11) is 0. The van der Waals surface area contributed by atoms with Gasteiger partial charge in [-0.15, -0.1) is 0 Å². The van der Waals surface area contributed by atoms with Crippen LogP contribution in [0.25, 0.3) is 0 Å². The molecule has 1 aromatic carbocycles. The van der Waals surface area contributed by atoms with Crippen molar-refractivity contribution >= 4 is 68.9 Å². The van der Waals surface area contributed by atoms with E-state index >= 15 is 0 Å². The molecule has 6 nitrogen and oxygen atoms in total. The van der Waals surface area contributed by atoms with E-state index in [9.17, 15) is 14.7 Å². The van der Waals surface area contributed by atoms with Crippen molar-refractivity contribution in [1.29, 1.82) is 0 Å². The number of fused-ring (bicyclic) bond motifs is 1. The zero-order valence-electron chi connectivity index (χ0n) is 14.8. The summed E-state index contributed by atoms with van der Waals surface area (Å²) >= 11 is 6.15. The summed E-state index contributed by atoms with van der Waals surface area (Å²) in [6, 6.07) is 4.36. The third kappa shape index (κ3) is 5.78. The Morgan fingerprint density at radius 1 is 1.26 bits per heavy atom. The Hall–Kier alpha value is -0.430. The molecule has 0 bridgehead atoms. The van der Waals surface area contributed by atoms with Crippen LogP contribution in [-0.4, -0.2) is 46.7 Å². The highest BCUT2D eigenvalue weighted by Gasteiger charge is 2.42. The van der Waals surface area contributed by atoms with Gasteiger partial charge in [0.15, 0.2) is 0 Å². The first-order valence-corrected chi connectivity index (χ1v) is 12.3. The molecule has 9 heteroatoms. The lowest BCUT2D eigenvalue weighted by molar-refractivity contribution is -0.121. The maximum atomic E-state index is 12.0. The van der Waals surface area contributed by atoms with E-state index in [0.29, 0.717) is 24.0 Å². The molecule has 0 saturated carbocycles. The molecule has 27 heavy (non-hydrogen) atoms. The number of urea groups is 1. The number of phenols is 1. The summed E-state index contributed by atoms with van der Waals surface area (Å²) < 4.78 is 1.67. The summed E-state index contributed by atoms with van der Waals surface area (Å²) in [5, 5.41) is 19.2. The highest BCUT2D eigenvalue weighted by molar-refractivity contribution is 14.1. The van der Waals surface area contributed by atoms with Crippen molar-refractivity contribution < 1.29 is 14.7 Å². The van der Waals surface area contributed by atoms with Crippen molar-refractivity contribution in [3.63, 3.8) is 0 Å². The molecule has 3 amide bonds. The molecule has 3 rings (SSSR count). The first-order valence-electron chi connectivity index (χ1n) is 9.06. The van der Waals surface area contributed by atoms with Gasteiger partial charge in [-0.25, -0.2) is 4.79 Å². The lowest BCUT2D eigenvalue weighted by Crippen LogP contribution is -2.36. The number of halogens is 2. The van der Waals surface area contributed by atoms with E-state index < -0.39 is 0 Å². The number of hydrogen-bond donors (Lipinski definition) is 4. The van der Waals surface area contributed by atoms with Crippen molar-refractivity contribution in [2.45, 2.75) is 49.4 Å². The number of aromatic hydroxyl groups is 1. The van der Waals surface area contributed by atoms with Gasteiger partial charge in [0.05, 0.1) is 19.2 Å². The van der Waals surface area contributed by atoms with Crippen molar-refractivity contribution in [3.05, 3.63) is 24.8 Å². The molecule has 3 atom stereocenters. The Balaban J connectivity index is 1.30. The van der Waals surface area contributed by atoms with E-state index in [1.54, 1.807) is 0 Å². The van der Waals surface area contributed by atoms with Crippen LogP contribution in [-0.2, 0) is 11.2 Å². The predicted octanol–water partition coefficient (Wildman–Crippen LogP) is 2.99. The second kappa shape index (κ2) is 9.86. The maximum Gasteiger partial charge on any atom is 0.315 e. The minimum atomic E-state index is -0.0484. The zero-order chi connectivity index (χ0) is 19.4. The highest BCUT2D eigenvalue weighted by atomic mass is 125. The normalized spacial score (nSPS) is 23.6. The van der Waals surface area contributed by atoms with E-state index in [1.807, 2.05) is 23.9 Å². The minimum Gasteiger partial charge on any atom is -0.506 e. The summed E-state index contributed by atoms with van der Waals surface area (Å²) in [5.74, 6) is 1.39. The number of phenolic OH excluding ortho intramolecular Hbond substituents is 1. The van der Waals surface area contributed by atoms with Crippen molar-refractivity contribution in [2.75, 3.05) is 12.3 Å². The van der Waals surface area contributed by atoms with E-state index in [4.69, 9.17) is 0 Å². The number of rotatable bonds is 8. The number of benzene rings is 1. The number of carbonyl (C=O) groups is 2. The molecule has 0 spiro atoms. The maximum absolute atomic E-state index is 12.0. The van der Waals surface area contributed by atoms with Gasteiger partial charge in [-0.1, -0.05) is 6.42 Å². The van der Waals surface area contributed by atoms with Gasteiger partial charge in [-0.3, -0.25) is 4.79 Å². The Kier molecular flexibility index (Phi) is 7.77. The molecule has 0 aromatic heterocycles. The Bertz CT molecular complexity index is 696. The molecule has 2 fully saturated rings. The lowest BCUT2D eigenvalue weighted by atomic mass is 10.0. The van der Waals surface area contributed by atoms with Gasteiger partial charge in [-0.05, 0) is 82.1 Å². The number of thioether (sulfide) groups is 1. The van der Waals surface area contributed by atoms with Gasteiger partial charge in [0, 0.05) is 24.0 Å². The van der Waals surface area contributed by atoms with Gasteiger partial charge in [0.25, 0.3) is 0 Å². The van der Waals surface area contributed by atoms with Crippen molar-refractivity contribution in [2.24, 2.45) is 0 Å². The van der Waals surface area contributed by atoms with Crippen LogP contribution in [0.15, 0.2) is 12.1 Å². The van der Waals surface area contributed by atoms with E-state index in [2.05, 4.69) is 61.1 Å². The Labute approximate surface area is 190 Å². The van der Waals surface area contributed by atoms with Crippen molar-refractivity contribution in [3.8, 4) is 5.75 Å². The topological polar surface area (TPSA) is 90.5 Å². The predicted molar refractivity (Wildman–Crippen MR) is 124 cm³/mol. The Morgan fingerprint density at radius 3 is 2.74 bits per heavy atom. The number of unbranched alkanes of at least 4 members (excludes halogenated alkanes) is 1. The average molecular weight is 611 g/mol. The summed E-state index contributed by atoms with van der Waals surface area (Å²) in [4.78, 5) is 23.4. The van der Waals surface area contributed by atoms with Crippen LogP contribution in [0.1, 0.15) is 31.2 Å². The van der Waals surface area contributed by atoms with Crippen LogP contribution in [0.3, 0.4) is 0 Å². The number of carbonyl (C=O) groups excluding carboxylic acids is 2. The smallest absolute Gasteiger partial charge is 0.315 e. The third-order valence-corrected chi connectivity index (χ3v) is 8.05. The standard InChI is InChI=1S/C18H23I2N3O3S/c19-11-7-10(8-12(20)17(11)25)5-6-21-15(24)4-2-1-3-14-16-13(9-27-14)22-18(26)23-16/h7-8,13-14,16,25H,1-6,9H2,(H,21,24)(H2,22,23,26)/t13-,14-,16-/m0/s1/i19-2,20-2.